The molecular weight excluding hydrogens is 420 g/mol. The lowest BCUT2D eigenvalue weighted by molar-refractivity contribution is -0.328. The average molecular weight is 430 g/mol. The average Bonchev–Trinajstić information content (AvgIpc) is 2.38. The van der Waals surface area contributed by atoms with E-state index < -0.39 is 26.8 Å². The summed E-state index contributed by atoms with van der Waals surface area (Å²) in [5, 5.41) is 0. The van der Waals surface area contributed by atoms with Crippen LogP contribution in [0.4, 0.5) is 13.2 Å². The first kappa shape index (κ1) is 17.9. The number of alkyl halides is 3. The maximum atomic E-state index is 12.1. The van der Waals surface area contributed by atoms with Crippen LogP contribution < -0.4 is 22.6 Å². The molecule has 114 valence electrons. The number of hydrogen-bond acceptors (Lipinski definition) is 3. The van der Waals surface area contributed by atoms with Crippen LogP contribution in [0.1, 0.15) is 5.56 Å². The Bertz CT molecular complexity index is 685. The zero-order valence-corrected chi connectivity index (χ0v) is 13.5. The van der Waals surface area contributed by atoms with Gasteiger partial charge in [0, 0.05) is 0 Å². The maximum absolute atomic E-state index is 12.1. The molecule has 2 aromatic rings. The fraction of sp³-hybridized carbons (Fsp3) is 0.0769. The molecule has 0 radical (unpaired) electrons. The van der Waals surface area contributed by atoms with Crippen molar-refractivity contribution in [3.63, 3.8) is 0 Å². The molecule has 2 aromatic carbocycles. The molecule has 0 unspecified atom stereocenters. The van der Waals surface area contributed by atoms with Gasteiger partial charge in [-0.15, -0.1) is 0 Å². The molecule has 8 heteroatoms. The Morgan fingerprint density at radius 2 is 1.52 bits per heavy atom. The first-order chi connectivity index (χ1) is 9.60. The van der Waals surface area contributed by atoms with Crippen molar-refractivity contribution in [2.75, 3.05) is 0 Å². The van der Waals surface area contributed by atoms with Crippen molar-refractivity contribution >= 4 is 10.1 Å². The lowest BCUT2D eigenvalue weighted by atomic mass is 10.2. The van der Waals surface area contributed by atoms with Crippen LogP contribution in [-0.2, 0) is 16.3 Å². The van der Waals surface area contributed by atoms with Crippen LogP contribution in [0.25, 0.3) is 0 Å². The predicted octanol–water partition coefficient (Wildman–Crippen LogP) is -0.249. The van der Waals surface area contributed by atoms with Crippen molar-refractivity contribution in [2.24, 2.45) is 0 Å². The van der Waals surface area contributed by atoms with Gasteiger partial charge in [-0.05, 0) is 30.3 Å². The van der Waals surface area contributed by atoms with Gasteiger partial charge in [0.2, 0.25) is 0 Å². The minimum absolute atomic E-state index is 0.308. The van der Waals surface area contributed by atoms with Crippen LogP contribution in [-0.4, -0.2) is 13.0 Å². The fourth-order valence-corrected chi connectivity index (χ4v) is 2.21. The van der Waals surface area contributed by atoms with E-state index in [1.54, 1.807) is 0 Å². The minimum Gasteiger partial charge on any atom is -0.744 e. The Kier molecular flexibility index (Phi) is 6.17. The highest BCUT2D eigenvalue weighted by molar-refractivity contribution is 7.85. The lowest BCUT2D eigenvalue weighted by Gasteiger charge is -2.10. The molecule has 0 aliphatic rings. The van der Waals surface area contributed by atoms with Gasteiger partial charge in [0.1, 0.15) is 10.1 Å². The molecule has 0 saturated carbocycles. The Morgan fingerprint density at radius 1 is 0.952 bits per heavy atom. The number of halogens is 4. The molecule has 3 nitrogen and oxygen atoms in total. The van der Waals surface area contributed by atoms with Crippen molar-refractivity contribution in [3.8, 4) is 0 Å². The fourth-order valence-electron chi connectivity index (χ4n) is 1.25. The molecule has 0 saturated heterocycles. The number of hydrogen-bond donors (Lipinski definition) is 0. The first-order valence-corrected chi connectivity index (χ1v) is 8.03. The van der Waals surface area contributed by atoms with E-state index in [-0.39, 0.29) is 0 Å². The predicted molar refractivity (Wildman–Crippen MR) is 65.9 cm³/mol. The zero-order chi connectivity index (χ0) is 16.1. The molecule has 0 atom stereocenters. The van der Waals surface area contributed by atoms with Crippen molar-refractivity contribution in [2.45, 2.75) is 11.1 Å². The van der Waals surface area contributed by atoms with Crippen molar-refractivity contribution in [1.29, 1.82) is 0 Å². The van der Waals surface area contributed by atoms with Crippen molar-refractivity contribution in [3.05, 3.63) is 63.7 Å². The number of benzene rings is 2. The highest BCUT2D eigenvalue weighted by atomic mass is 127. The highest BCUT2D eigenvalue weighted by Gasteiger charge is 2.30. The van der Waals surface area contributed by atoms with E-state index in [0.717, 1.165) is 12.1 Å². The van der Waals surface area contributed by atoms with E-state index in [0.29, 0.717) is 12.1 Å². The second-order valence-corrected chi connectivity index (χ2v) is 6.52. The quantitative estimate of drug-likeness (QED) is 0.464. The van der Waals surface area contributed by atoms with Crippen LogP contribution in [0, 0.1) is 3.57 Å². The van der Waals surface area contributed by atoms with Gasteiger partial charge in [-0.25, -0.2) is 8.42 Å². The van der Waals surface area contributed by atoms with Gasteiger partial charge in [-0.2, -0.15) is 13.2 Å². The van der Waals surface area contributed by atoms with E-state index in [1.807, 2.05) is 40.8 Å². The molecule has 0 bridgehead atoms. The molecule has 0 N–H and O–H groups in total. The van der Waals surface area contributed by atoms with Crippen molar-refractivity contribution in [1.82, 2.24) is 0 Å². The molecule has 0 amide bonds. The maximum Gasteiger partial charge on any atom is 0.416 e. The first-order valence-electron chi connectivity index (χ1n) is 5.46. The summed E-state index contributed by atoms with van der Waals surface area (Å²) >= 11 is 2.02. The van der Waals surface area contributed by atoms with E-state index in [2.05, 4.69) is 12.1 Å². The molecule has 0 aliphatic carbocycles. The summed E-state index contributed by atoms with van der Waals surface area (Å²) < 4.78 is 68.7. The largest absolute Gasteiger partial charge is 0.744 e. The summed E-state index contributed by atoms with van der Waals surface area (Å²) in [7, 11) is -4.84. The van der Waals surface area contributed by atoms with Gasteiger partial charge in [-0.3, -0.25) is 0 Å². The molecular formula is C13H10F3IO3S. The van der Waals surface area contributed by atoms with Gasteiger partial charge < -0.3 is 4.55 Å². The molecule has 0 spiro atoms. The third-order valence-electron chi connectivity index (χ3n) is 2.19. The summed E-state index contributed by atoms with van der Waals surface area (Å²) in [6.07, 6.45) is -4.65. The van der Waals surface area contributed by atoms with Crippen LogP contribution in [0.15, 0.2) is 59.5 Å². The van der Waals surface area contributed by atoms with Gasteiger partial charge in [0.15, 0.2) is 3.57 Å². The molecule has 2 rings (SSSR count). The van der Waals surface area contributed by atoms with Crippen LogP contribution in [0.5, 0.6) is 0 Å². The normalized spacial score (nSPS) is 11.5. The SMILES string of the molecule is O=S(=O)([O-])c1cccc(C(F)(F)F)c1.[IH+]c1ccccc1. The van der Waals surface area contributed by atoms with Gasteiger partial charge in [0.05, 0.1) is 10.5 Å². The lowest BCUT2D eigenvalue weighted by Crippen LogP contribution is -3.34. The summed E-state index contributed by atoms with van der Waals surface area (Å²) in [6, 6.07) is 13.0. The summed E-state index contributed by atoms with van der Waals surface area (Å²) in [6.45, 7) is 0. The molecule has 0 aliphatic heterocycles. The summed E-state index contributed by atoms with van der Waals surface area (Å²) in [4.78, 5) is -0.882. The Morgan fingerprint density at radius 3 is 1.90 bits per heavy atom. The zero-order valence-electron chi connectivity index (χ0n) is 10.4. The second kappa shape index (κ2) is 7.23. The Hall–Kier alpha value is -1.13. The summed E-state index contributed by atoms with van der Waals surface area (Å²) in [5.74, 6) is 0. The minimum atomic E-state index is -4.84. The smallest absolute Gasteiger partial charge is 0.416 e. The van der Waals surface area contributed by atoms with Gasteiger partial charge >= 0.3 is 6.18 Å². The van der Waals surface area contributed by atoms with Crippen LogP contribution in [0.2, 0.25) is 0 Å². The third-order valence-corrected chi connectivity index (χ3v) is 3.80. The molecule has 0 heterocycles. The van der Waals surface area contributed by atoms with E-state index in [1.165, 1.54) is 3.57 Å². The molecule has 0 aromatic heterocycles. The van der Waals surface area contributed by atoms with E-state index in [9.17, 15) is 26.1 Å². The summed E-state index contributed by atoms with van der Waals surface area (Å²) in [5.41, 5.74) is -1.16. The third kappa shape index (κ3) is 6.44. The van der Waals surface area contributed by atoms with E-state index >= 15 is 0 Å². The van der Waals surface area contributed by atoms with Crippen LogP contribution in [0.3, 0.4) is 0 Å². The number of rotatable bonds is 1. The van der Waals surface area contributed by atoms with Gasteiger partial charge in [-0.1, -0.05) is 24.3 Å². The van der Waals surface area contributed by atoms with Crippen LogP contribution >= 0.6 is 0 Å². The molecule has 0 fully saturated rings. The second-order valence-electron chi connectivity index (χ2n) is 3.79. The standard InChI is InChI=1S/C7H5F3O3S.C6H6I/c8-7(9,10)5-2-1-3-6(4-5)14(11,12)13;7-6-4-2-1-3-5-6/h1-4H,(H,11,12,13);1-5,7H/q;+1/p-1. The Labute approximate surface area is 133 Å². The topological polar surface area (TPSA) is 57.2 Å². The van der Waals surface area contributed by atoms with Crippen molar-refractivity contribution < 1.29 is 48.7 Å². The highest BCUT2D eigenvalue weighted by Crippen LogP contribution is 2.30. The van der Waals surface area contributed by atoms with E-state index in [4.69, 9.17) is 0 Å². The van der Waals surface area contributed by atoms with Gasteiger partial charge in [0.25, 0.3) is 22.6 Å². The molecule has 21 heavy (non-hydrogen) atoms. The monoisotopic (exact) mass is 430 g/mol. The Balaban J connectivity index is 0.000000262.